The topological polar surface area (TPSA) is 0 Å². The van der Waals surface area contributed by atoms with E-state index in [9.17, 15) is 0 Å². The molecule has 3 aromatic rings. The number of benzene rings is 3. The Hall–Kier alpha value is -4.42. The van der Waals surface area contributed by atoms with Crippen LogP contribution < -0.4 is 0 Å². The molecule has 0 heteroatoms. The van der Waals surface area contributed by atoms with Crippen LogP contribution in [0.1, 0.15) is 104 Å². The van der Waals surface area contributed by atoms with Gasteiger partial charge in [0.1, 0.15) is 0 Å². The zero-order valence-electron chi connectivity index (χ0n) is 30.8. The summed E-state index contributed by atoms with van der Waals surface area (Å²) in [5, 5.41) is 0. The molecule has 1 fully saturated rings. The van der Waals surface area contributed by atoms with Crippen LogP contribution in [0.3, 0.4) is 0 Å². The maximum atomic E-state index is 2.51. The summed E-state index contributed by atoms with van der Waals surface area (Å²) in [5.74, 6) is 3.33. The fourth-order valence-corrected chi connectivity index (χ4v) is 11.1. The monoisotopic (exact) mass is 662 g/mol. The van der Waals surface area contributed by atoms with Crippen LogP contribution in [0, 0.1) is 29.6 Å². The van der Waals surface area contributed by atoms with E-state index in [1.807, 2.05) is 0 Å². The molecule has 0 aromatic heterocycles. The zero-order valence-corrected chi connectivity index (χ0v) is 30.8. The maximum Gasteiger partial charge on any atom is -0.00233 e. The van der Waals surface area contributed by atoms with Crippen LogP contribution >= 0.6 is 0 Å². The molecule has 0 aliphatic heterocycles. The first kappa shape index (κ1) is 31.3. The van der Waals surface area contributed by atoms with Crippen molar-refractivity contribution in [1.82, 2.24) is 0 Å². The standard InChI is InChI=1S/C51H50/c1-31-32(2)48-29-41(21-23-45(48)44-10-6-5-9-43(31)44)39-19-17-35-25-33(13-15-37(35)27-39)34-14-16-38-28-40(20-18-36(38)26-34)42-22-24-47-46-11-7-8-12-49(46)51(3,4)50(47)30-42/h5-8,10-12,14,16-17,19,21-28,31-32,43,48,50H,9,13,15,18,20,29-30H2,1-4H3. The van der Waals surface area contributed by atoms with Gasteiger partial charge >= 0.3 is 0 Å². The highest BCUT2D eigenvalue weighted by Crippen LogP contribution is 2.55. The molecule has 0 radical (unpaired) electrons. The van der Waals surface area contributed by atoms with Crippen molar-refractivity contribution in [3.63, 3.8) is 0 Å². The lowest BCUT2D eigenvalue weighted by molar-refractivity contribution is 0.204. The lowest BCUT2D eigenvalue weighted by Crippen LogP contribution is -2.36. The smallest absolute Gasteiger partial charge is 0.00233 e. The van der Waals surface area contributed by atoms with E-state index in [1.165, 1.54) is 67.6 Å². The van der Waals surface area contributed by atoms with E-state index in [1.54, 1.807) is 22.3 Å². The molecule has 5 atom stereocenters. The van der Waals surface area contributed by atoms with Gasteiger partial charge in [-0.05, 0) is 163 Å². The van der Waals surface area contributed by atoms with Gasteiger partial charge in [0.25, 0.3) is 0 Å². The molecule has 254 valence electrons. The number of rotatable bonds is 3. The Labute approximate surface area is 305 Å². The van der Waals surface area contributed by atoms with Crippen LogP contribution in [0.2, 0.25) is 0 Å². The Morgan fingerprint density at radius 2 is 1.22 bits per heavy atom. The molecular weight excluding hydrogens is 613 g/mol. The summed E-state index contributed by atoms with van der Waals surface area (Å²) in [6.07, 6.45) is 29.8. The molecule has 7 aliphatic carbocycles. The highest BCUT2D eigenvalue weighted by molar-refractivity contribution is 5.86. The predicted octanol–water partition coefficient (Wildman–Crippen LogP) is 12.9. The molecular formula is C51H50. The number of allylic oxidation sites excluding steroid dienone is 14. The van der Waals surface area contributed by atoms with Crippen LogP contribution in [-0.2, 0) is 18.3 Å². The molecule has 1 saturated carbocycles. The molecule has 0 N–H and O–H groups in total. The van der Waals surface area contributed by atoms with Crippen molar-refractivity contribution in [2.24, 2.45) is 29.6 Å². The van der Waals surface area contributed by atoms with Crippen LogP contribution in [-0.4, -0.2) is 0 Å². The molecule has 0 nitrogen and oxygen atoms in total. The predicted molar refractivity (Wildman–Crippen MR) is 217 cm³/mol. The summed E-state index contributed by atoms with van der Waals surface area (Å²) in [6, 6.07) is 23.7. The van der Waals surface area contributed by atoms with Crippen molar-refractivity contribution in [2.45, 2.75) is 78.1 Å². The van der Waals surface area contributed by atoms with Gasteiger partial charge in [0.05, 0.1) is 0 Å². The Morgan fingerprint density at radius 3 is 2.02 bits per heavy atom. The van der Waals surface area contributed by atoms with E-state index in [2.05, 4.69) is 143 Å². The van der Waals surface area contributed by atoms with E-state index in [4.69, 9.17) is 0 Å². The van der Waals surface area contributed by atoms with Crippen LogP contribution in [0.4, 0.5) is 0 Å². The van der Waals surface area contributed by atoms with Gasteiger partial charge in [0.2, 0.25) is 0 Å². The first-order valence-corrected chi connectivity index (χ1v) is 19.8. The number of aryl methyl sites for hydroxylation is 2. The second kappa shape index (κ2) is 11.8. The Kier molecular flexibility index (Phi) is 7.25. The normalized spacial score (nSPS) is 28.2. The summed E-state index contributed by atoms with van der Waals surface area (Å²) >= 11 is 0. The fraction of sp³-hybridized carbons (Fsp3) is 0.333. The number of fused-ring (bicyclic) bond motifs is 8. The number of hydrogen-bond acceptors (Lipinski definition) is 0. The van der Waals surface area contributed by atoms with Crippen LogP contribution in [0.5, 0.6) is 0 Å². The second-order valence-electron chi connectivity index (χ2n) is 17.2. The van der Waals surface area contributed by atoms with E-state index in [-0.39, 0.29) is 5.41 Å². The van der Waals surface area contributed by atoms with Crippen LogP contribution in [0.15, 0.2) is 125 Å². The van der Waals surface area contributed by atoms with Gasteiger partial charge in [-0.2, -0.15) is 0 Å². The fourth-order valence-electron chi connectivity index (χ4n) is 11.1. The Morgan fingerprint density at radius 1 is 0.569 bits per heavy atom. The first-order valence-electron chi connectivity index (χ1n) is 19.8. The summed E-state index contributed by atoms with van der Waals surface area (Å²) in [4.78, 5) is 0. The van der Waals surface area contributed by atoms with E-state index < -0.39 is 0 Å². The zero-order chi connectivity index (χ0) is 34.4. The average Bonchev–Trinajstić information content (AvgIpc) is 3.41. The largest absolute Gasteiger partial charge is 0.0839 e. The second-order valence-corrected chi connectivity index (χ2v) is 17.2. The van der Waals surface area contributed by atoms with E-state index in [0.29, 0.717) is 23.7 Å². The molecule has 3 aromatic carbocycles. The van der Waals surface area contributed by atoms with Crippen molar-refractivity contribution in [3.8, 4) is 0 Å². The third kappa shape index (κ3) is 5.00. The van der Waals surface area contributed by atoms with Gasteiger partial charge in [0, 0.05) is 0 Å². The van der Waals surface area contributed by atoms with Crippen molar-refractivity contribution in [3.05, 3.63) is 170 Å². The molecule has 0 spiro atoms. The number of hydrogen-bond donors (Lipinski definition) is 0. The van der Waals surface area contributed by atoms with Gasteiger partial charge in [-0.3, -0.25) is 0 Å². The molecule has 0 saturated heterocycles. The highest BCUT2D eigenvalue weighted by atomic mass is 14.5. The molecule has 7 aliphatic rings. The van der Waals surface area contributed by atoms with Gasteiger partial charge in [0.15, 0.2) is 0 Å². The van der Waals surface area contributed by atoms with Crippen molar-refractivity contribution in [1.29, 1.82) is 0 Å². The third-order valence-electron chi connectivity index (χ3n) is 14.4. The SMILES string of the molecule is CC1C2CC=CC=C2C2=CC=C(c3ccc4c(c3)CCC(c3ccc5c(c3)CCC(C3=CC=C6c7ccccc7C(C)(C)C6C3)=C5)=C4)CC2C1C. The van der Waals surface area contributed by atoms with Crippen molar-refractivity contribution >= 4 is 28.9 Å². The van der Waals surface area contributed by atoms with Gasteiger partial charge < -0.3 is 0 Å². The van der Waals surface area contributed by atoms with Crippen molar-refractivity contribution < 1.29 is 0 Å². The van der Waals surface area contributed by atoms with Gasteiger partial charge in [-0.25, -0.2) is 0 Å². The highest BCUT2D eigenvalue weighted by Gasteiger charge is 2.44. The maximum absolute atomic E-state index is 2.51. The molecule has 0 amide bonds. The third-order valence-corrected chi connectivity index (χ3v) is 14.4. The molecule has 5 unspecified atom stereocenters. The summed E-state index contributed by atoms with van der Waals surface area (Å²) < 4.78 is 0. The molecule has 10 rings (SSSR count). The quantitative estimate of drug-likeness (QED) is 0.262. The van der Waals surface area contributed by atoms with E-state index >= 15 is 0 Å². The van der Waals surface area contributed by atoms with Crippen LogP contribution in [0.25, 0.3) is 28.9 Å². The Balaban J connectivity index is 0.881. The minimum atomic E-state index is 0.175. The molecule has 0 heterocycles. The summed E-state index contributed by atoms with van der Waals surface area (Å²) in [6.45, 7) is 9.89. The average molecular weight is 663 g/mol. The minimum absolute atomic E-state index is 0.175. The minimum Gasteiger partial charge on any atom is -0.0839 e. The summed E-state index contributed by atoms with van der Waals surface area (Å²) in [7, 11) is 0. The molecule has 51 heavy (non-hydrogen) atoms. The van der Waals surface area contributed by atoms with Gasteiger partial charge in [-0.1, -0.05) is 143 Å². The summed E-state index contributed by atoms with van der Waals surface area (Å²) in [5.41, 5.74) is 22.7. The molecule has 0 bridgehead atoms. The first-order chi connectivity index (χ1) is 24.8. The lowest BCUT2D eigenvalue weighted by Gasteiger charge is -2.46. The lowest BCUT2D eigenvalue weighted by atomic mass is 9.59. The van der Waals surface area contributed by atoms with Gasteiger partial charge in [-0.15, -0.1) is 0 Å². The Bertz CT molecular complexity index is 2250. The van der Waals surface area contributed by atoms with E-state index in [0.717, 1.165) is 44.4 Å². The van der Waals surface area contributed by atoms with Crippen molar-refractivity contribution in [2.75, 3.05) is 0 Å².